The first kappa shape index (κ1) is 14.4. The SMILES string of the molecule is CCNCc1cc(=O)[nH]c(-c2ncc(Br)cc2Br)n1. The molecule has 2 aromatic heterocycles. The largest absolute Gasteiger partial charge is 0.311 e. The molecule has 0 saturated carbocycles. The van der Waals surface area contributed by atoms with Crippen LogP contribution in [0.1, 0.15) is 12.6 Å². The molecule has 0 unspecified atom stereocenters. The molecule has 0 aromatic carbocycles. The topological polar surface area (TPSA) is 70.7 Å². The molecule has 0 aliphatic carbocycles. The van der Waals surface area contributed by atoms with Gasteiger partial charge >= 0.3 is 0 Å². The van der Waals surface area contributed by atoms with Gasteiger partial charge < -0.3 is 10.3 Å². The van der Waals surface area contributed by atoms with Crippen molar-refractivity contribution in [2.24, 2.45) is 0 Å². The molecule has 0 bridgehead atoms. The molecule has 7 heteroatoms. The molecule has 0 spiro atoms. The summed E-state index contributed by atoms with van der Waals surface area (Å²) in [7, 11) is 0. The first-order chi connectivity index (χ1) is 9.10. The molecule has 0 amide bonds. The predicted octanol–water partition coefficient (Wildman–Crippen LogP) is 2.47. The summed E-state index contributed by atoms with van der Waals surface area (Å²) in [6.45, 7) is 3.38. The average molecular weight is 388 g/mol. The van der Waals surface area contributed by atoms with Gasteiger partial charge in [-0.15, -0.1) is 0 Å². The van der Waals surface area contributed by atoms with Gasteiger partial charge in [0.15, 0.2) is 5.82 Å². The number of H-pyrrole nitrogens is 1. The fourth-order valence-electron chi connectivity index (χ4n) is 1.55. The molecule has 5 nitrogen and oxygen atoms in total. The second kappa shape index (κ2) is 6.40. The molecule has 0 atom stereocenters. The molecular weight excluding hydrogens is 376 g/mol. The highest BCUT2D eigenvalue weighted by molar-refractivity contribution is 9.11. The van der Waals surface area contributed by atoms with Gasteiger partial charge in [-0.1, -0.05) is 6.92 Å². The Kier molecular flexibility index (Phi) is 4.84. The van der Waals surface area contributed by atoms with Crippen LogP contribution < -0.4 is 10.9 Å². The van der Waals surface area contributed by atoms with Gasteiger partial charge in [-0.05, 0) is 44.5 Å². The van der Waals surface area contributed by atoms with Crippen LogP contribution in [0.5, 0.6) is 0 Å². The van der Waals surface area contributed by atoms with E-state index >= 15 is 0 Å². The number of hydrogen-bond acceptors (Lipinski definition) is 4. The summed E-state index contributed by atoms with van der Waals surface area (Å²) in [5.41, 5.74) is 1.12. The number of halogens is 2. The maximum atomic E-state index is 11.7. The number of pyridine rings is 1. The highest BCUT2D eigenvalue weighted by Crippen LogP contribution is 2.25. The molecule has 0 fully saturated rings. The van der Waals surface area contributed by atoms with Crippen LogP contribution in [0.3, 0.4) is 0 Å². The maximum Gasteiger partial charge on any atom is 0.251 e. The van der Waals surface area contributed by atoms with E-state index in [0.29, 0.717) is 23.8 Å². The van der Waals surface area contributed by atoms with Gasteiger partial charge in [0.05, 0.1) is 5.69 Å². The minimum Gasteiger partial charge on any atom is -0.311 e. The normalized spacial score (nSPS) is 10.7. The van der Waals surface area contributed by atoms with Crippen LogP contribution in [0.25, 0.3) is 11.5 Å². The first-order valence-electron chi connectivity index (χ1n) is 5.72. The van der Waals surface area contributed by atoms with Crippen LogP contribution in [0.4, 0.5) is 0 Å². The van der Waals surface area contributed by atoms with E-state index in [1.165, 1.54) is 6.07 Å². The van der Waals surface area contributed by atoms with Crippen molar-refractivity contribution in [3.8, 4) is 11.5 Å². The molecular formula is C12H12Br2N4O. The van der Waals surface area contributed by atoms with Crippen LogP contribution in [0.15, 0.2) is 32.1 Å². The maximum absolute atomic E-state index is 11.7. The van der Waals surface area contributed by atoms with E-state index < -0.39 is 0 Å². The molecule has 0 aliphatic heterocycles. The van der Waals surface area contributed by atoms with E-state index in [4.69, 9.17) is 0 Å². The highest BCUT2D eigenvalue weighted by atomic mass is 79.9. The number of aromatic amines is 1. The predicted molar refractivity (Wildman–Crippen MR) is 80.9 cm³/mol. The molecule has 2 rings (SSSR count). The molecule has 0 radical (unpaired) electrons. The fourth-order valence-corrected chi connectivity index (χ4v) is 2.73. The minimum absolute atomic E-state index is 0.186. The molecule has 2 heterocycles. The van der Waals surface area contributed by atoms with Crippen molar-refractivity contribution in [3.63, 3.8) is 0 Å². The van der Waals surface area contributed by atoms with E-state index in [9.17, 15) is 4.79 Å². The molecule has 100 valence electrons. The third-order valence-electron chi connectivity index (χ3n) is 2.38. The Bertz CT molecular complexity index is 642. The Balaban J connectivity index is 2.44. The second-order valence-electron chi connectivity index (χ2n) is 3.85. The lowest BCUT2D eigenvalue weighted by Crippen LogP contribution is -2.17. The zero-order chi connectivity index (χ0) is 13.8. The first-order valence-corrected chi connectivity index (χ1v) is 7.31. The molecule has 0 saturated heterocycles. The van der Waals surface area contributed by atoms with E-state index in [1.807, 2.05) is 13.0 Å². The van der Waals surface area contributed by atoms with Gasteiger partial charge in [0.25, 0.3) is 5.56 Å². The lowest BCUT2D eigenvalue weighted by Gasteiger charge is -2.06. The quantitative estimate of drug-likeness (QED) is 0.845. The standard InChI is InChI=1S/C12H12Br2N4O/c1-2-15-6-8-4-10(19)18-12(17-8)11-9(14)3-7(13)5-16-11/h3-5,15H,2,6H2,1H3,(H,17,18,19). The van der Waals surface area contributed by atoms with Gasteiger partial charge in [0, 0.05) is 27.8 Å². The average Bonchev–Trinajstić information content (AvgIpc) is 2.35. The summed E-state index contributed by atoms with van der Waals surface area (Å²) < 4.78 is 1.62. The Morgan fingerprint density at radius 3 is 2.84 bits per heavy atom. The number of rotatable bonds is 4. The van der Waals surface area contributed by atoms with Crippen LogP contribution >= 0.6 is 31.9 Å². The van der Waals surface area contributed by atoms with E-state index in [-0.39, 0.29) is 5.56 Å². The Morgan fingerprint density at radius 2 is 2.16 bits per heavy atom. The number of hydrogen-bond donors (Lipinski definition) is 2. The van der Waals surface area contributed by atoms with Crippen molar-refractivity contribution in [1.29, 1.82) is 0 Å². The Morgan fingerprint density at radius 1 is 1.37 bits per heavy atom. The van der Waals surface area contributed by atoms with E-state index in [1.54, 1.807) is 6.20 Å². The summed E-state index contributed by atoms with van der Waals surface area (Å²) >= 11 is 6.75. The van der Waals surface area contributed by atoms with Crippen LogP contribution in [-0.2, 0) is 6.54 Å². The third kappa shape index (κ3) is 3.71. The van der Waals surface area contributed by atoms with Crippen molar-refractivity contribution >= 4 is 31.9 Å². The van der Waals surface area contributed by atoms with Gasteiger partial charge in [-0.3, -0.25) is 9.78 Å². The van der Waals surface area contributed by atoms with Gasteiger partial charge in [-0.25, -0.2) is 4.98 Å². The molecule has 2 N–H and O–H groups in total. The number of aromatic nitrogens is 3. The fraction of sp³-hybridized carbons (Fsp3) is 0.250. The lowest BCUT2D eigenvalue weighted by atomic mass is 10.3. The Labute approximate surface area is 127 Å². The van der Waals surface area contributed by atoms with Gasteiger partial charge in [-0.2, -0.15) is 0 Å². The Hall–Kier alpha value is -1.05. The van der Waals surface area contributed by atoms with E-state index in [0.717, 1.165) is 15.5 Å². The van der Waals surface area contributed by atoms with E-state index in [2.05, 4.69) is 52.1 Å². The monoisotopic (exact) mass is 386 g/mol. The lowest BCUT2D eigenvalue weighted by molar-refractivity contribution is 0.707. The summed E-state index contributed by atoms with van der Waals surface area (Å²) in [5.74, 6) is 0.458. The minimum atomic E-state index is -0.186. The highest BCUT2D eigenvalue weighted by Gasteiger charge is 2.09. The van der Waals surface area contributed by atoms with Crippen LogP contribution in [0, 0.1) is 0 Å². The summed E-state index contributed by atoms with van der Waals surface area (Å²) in [5, 5.41) is 3.14. The van der Waals surface area contributed by atoms with Gasteiger partial charge in [0.1, 0.15) is 5.69 Å². The summed E-state index contributed by atoms with van der Waals surface area (Å²) in [6.07, 6.45) is 1.66. The van der Waals surface area contributed by atoms with Crippen molar-refractivity contribution in [2.45, 2.75) is 13.5 Å². The summed E-state index contributed by atoms with van der Waals surface area (Å²) in [6, 6.07) is 3.35. The van der Waals surface area contributed by atoms with Crippen molar-refractivity contribution in [2.75, 3.05) is 6.54 Å². The molecule has 0 aliphatic rings. The van der Waals surface area contributed by atoms with Crippen molar-refractivity contribution < 1.29 is 0 Å². The van der Waals surface area contributed by atoms with Crippen LogP contribution in [0.2, 0.25) is 0 Å². The van der Waals surface area contributed by atoms with Gasteiger partial charge in [0.2, 0.25) is 0 Å². The summed E-state index contributed by atoms with van der Waals surface area (Å²) in [4.78, 5) is 23.0. The van der Waals surface area contributed by atoms with Crippen molar-refractivity contribution in [1.82, 2.24) is 20.3 Å². The third-order valence-corrected chi connectivity index (χ3v) is 3.42. The van der Waals surface area contributed by atoms with Crippen molar-refractivity contribution in [3.05, 3.63) is 43.3 Å². The molecule has 2 aromatic rings. The zero-order valence-corrected chi connectivity index (χ0v) is 13.4. The number of nitrogens with zero attached hydrogens (tertiary/aromatic N) is 2. The molecule has 19 heavy (non-hydrogen) atoms. The smallest absolute Gasteiger partial charge is 0.251 e. The number of nitrogens with one attached hydrogen (secondary N) is 2. The van der Waals surface area contributed by atoms with Crippen LogP contribution in [-0.4, -0.2) is 21.5 Å². The zero-order valence-electron chi connectivity index (χ0n) is 10.2. The second-order valence-corrected chi connectivity index (χ2v) is 5.62.